The fraction of sp³-hybridized carbons (Fsp3) is 0.750. The molecule has 3 heteroatoms. The van der Waals surface area contributed by atoms with Crippen LogP contribution in [-0.2, 0) is 14.3 Å². The van der Waals surface area contributed by atoms with E-state index in [0.717, 1.165) is 32.3 Å². The number of hydrogen-bond donors (Lipinski definition) is 0. The van der Waals surface area contributed by atoms with E-state index in [9.17, 15) is 4.79 Å². The van der Waals surface area contributed by atoms with Crippen molar-refractivity contribution in [1.82, 2.24) is 0 Å². The van der Waals surface area contributed by atoms with Gasteiger partial charge in [0.15, 0.2) is 0 Å². The normalized spacial score (nSPS) is 10.8. The van der Waals surface area contributed by atoms with Crippen LogP contribution in [0.25, 0.3) is 0 Å². The predicted octanol–water partition coefficient (Wildman–Crippen LogP) is 2.70. The first-order valence-corrected chi connectivity index (χ1v) is 5.60. The molecule has 0 saturated heterocycles. The van der Waals surface area contributed by atoms with Gasteiger partial charge in [-0.2, -0.15) is 0 Å². The van der Waals surface area contributed by atoms with Gasteiger partial charge in [0.25, 0.3) is 0 Å². The summed E-state index contributed by atoms with van der Waals surface area (Å²) in [4.78, 5) is 10.8. The lowest BCUT2D eigenvalue weighted by Gasteiger charge is -1.98. The minimum Gasteiger partial charge on any atom is -0.469 e. The number of carbonyl (C=O) groups is 1. The summed E-state index contributed by atoms with van der Waals surface area (Å²) in [6.07, 6.45) is 8.91. The van der Waals surface area contributed by atoms with Crippen LogP contribution in [0.2, 0.25) is 0 Å². The topological polar surface area (TPSA) is 35.5 Å². The maximum absolute atomic E-state index is 10.8. The molecule has 0 aliphatic rings. The predicted molar refractivity (Wildman–Crippen MR) is 60.7 cm³/mol. The largest absolute Gasteiger partial charge is 0.469 e. The van der Waals surface area contributed by atoms with Crippen LogP contribution < -0.4 is 0 Å². The summed E-state index contributed by atoms with van der Waals surface area (Å²) >= 11 is 0. The van der Waals surface area contributed by atoms with E-state index in [1.54, 1.807) is 0 Å². The molecule has 0 spiro atoms. The van der Waals surface area contributed by atoms with Crippen molar-refractivity contribution in [3.63, 3.8) is 0 Å². The van der Waals surface area contributed by atoms with Gasteiger partial charge in [0.2, 0.25) is 0 Å². The molecule has 15 heavy (non-hydrogen) atoms. The van der Waals surface area contributed by atoms with Crippen molar-refractivity contribution >= 4 is 5.97 Å². The molecule has 0 heterocycles. The van der Waals surface area contributed by atoms with Crippen LogP contribution in [0.3, 0.4) is 0 Å². The van der Waals surface area contributed by atoms with Gasteiger partial charge in [-0.1, -0.05) is 18.6 Å². The standard InChI is InChI=1S/C12H22O3/c1-3-15-11-9-7-5-4-6-8-10-12(13)14-2/h7,9H,3-6,8,10-11H2,1-2H3. The quantitative estimate of drug-likeness (QED) is 0.336. The van der Waals surface area contributed by atoms with E-state index < -0.39 is 0 Å². The second-order valence-corrected chi connectivity index (χ2v) is 3.31. The molecule has 0 atom stereocenters. The minimum atomic E-state index is -0.109. The number of methoxy groups -OCH3 is 1. The Morgan fingerprint density at radius 3 is 2.67 bits per heavy atom. The lowest BCUT2D eigenvalue weighted by molar-refractivity contribution is -0.140. The van der Waals surface area contributed by atoms with Gasteiger partial charge >= 0.3 is 5.97 Å². The molecule has 0 bridgehead atoms. The lowest BCUT2D eigenvalue weighted by Crippen LogP contribution is -1.98. The summed E-state index contributed by atoms with van der Waals surface area (Å²) in [5, 5.41) is 0. The first-order valence-electron chi connectivity index (χ1n) is 5.60. The van der Waals surface area contributed by atoms with Crippen molar-refractivity contribution < 1.29 is 14.3 Å². The second-order valence-electron chi connectivity index (χ2n) is 3.31. The number of carbonyl (C=O) groups excluding carboxylic acids is 1. The van der Waals surface area contributed by atoms with E-state index >= 15 is 0 Å². The Labute approximate surface area is 92.5 Å². The van der Waals surface area contributed by atoms with Crippen LogP contribution in [0.4, 0.5) is 0 Å². The van der Waals surface area contributed by atoms with Gasteiger partial charge in [0.05, 0.1) is 13.7 Å². The highest BCUT2D eigenvalue weighted by molar-refractivity contribution is 5.68. The Bertz CT molecular complexity index is 176. The highest BCUT2D eigenvalue weighted by atomic mass is 16.5. The number of ether oxygens (including phenoxy) is 2. The van der Waals surface area contributed by atoms with Crippen LogP contribution in [0.5, 0.6) is 0 Å². The van der Waals surface area contributed by atoms with Gasteiger partial charge in [-0.05, 0) is 26.2 Å². The van der Waals surface area contributed by atoms with Crippen molar-refractivity contribution in [1.29, 1.82) is 0 Å². The summed E-state index contributed by atoms with van der Waals surface area (Å²) in [5.74, 6) is -0.109. The molecule has 0 N–H and O–H groups in total. The molecule has 3 nitrogen and oxygen atoms in total. The van der Waals surface area contributed by atoms with Crippen molar-refractivity contribution in [3.05, 3.63) is 12.2 Å². The minimum absolute atomic E-state index is 0.109. The van der Waals surface area contributed by atoms with Crippen LogP contribution >= 0.6 is 0 Å². The van der Waals surface area contributed by atoms with Crippen LogP contribution in [0.15, 0.2) is 12.2 Å². The maximum Gasteiger partial charge on any atom is 0.305 e. The summed E-state index contributed by atoms with van der Waals surface area (Å²) in [6, 6.07) is 0. The Morgan fingerprint density at radius 1 is 1.20 bits per heavy atom. The van der Waals surface area contributed by atoms with Gasteiger partial charge in [0.1, 0.15) is 0 Å². The van der Waals surface area contributed by atoms with E-state index in [2.05, 4.69) is 10.8 Å². The van der Waals surface area contributed by atoms with E-state index in [1.165, 1.54) is 7.11 Å². The molecular formula is C12H22O3. The van der Waals surface area contributed by atoms with Crippen LogP contribution in [0.1, 0.15) is 39.0 Å². The number of allylic oxidation sites excluding steroid dienone is 1. The molecular weight excluding hydrogens is 192 g/mol. The number of hydrogen-bond acceptors (Lipinski definition) is 3. The van der Waals surface area contributed by atoms with Crippen molar-refractivity contribution in [2.24, 2.45) is 0 Å². The summed E-state index contributed by atoms with van der Waals surface area (Å²) in [5.41, 5.74) is 0. The molecule has 0 radical (unpaired) electrons. The fourth-order valence-corrected chi connectivity index (χ4v) is 1.18. The van der Waals surface area contributed by atoms with E-state index in [1.807, 2.05) is 13.0 Å². The molecule has 0 aromatic rings. The first kappa shape index (κ1) is 14.2. The number of rotatable bonds is 9. The van der Waals surface area contributed by atoms with Crippen LogP contribution in [-0.4, -0.2) is 26.3 Å². The second kappa shape index (κ2) is 11.2. The number of unbranched alkanes of at least 4 members (excludes halogenated alkanes) is 3. The third kappa shape index (κ3) is 11.1. The van der Waals surface area contributed by atoms with Crippen molar-refractivity contribution in [2.75, 3.05) is 20.3 Å². The van der Waals surface area contributed by atoms with Gasteiger partial charge in [0, 0.05) is 13.0 Å². The van der Waals surface area contributed by atoms with Gasteiger partial charge in [-0.25, -0.2) is 0 Å². The Hall–Kier alpha value is -0.830. The Balaban J connectivity index is 3.11. The Morgan fingerprint density at radius 2 is 2.00 bits per heavy atom. The van der Waals surface area contributed by atoms with E-state index in [-0.39, 0.29) is 5.97 Å². The smallest absolute Gasteiger partial charge is 0.305 e. The summed E-state index contributed by atoms with van der Waals surface area (Å²) in [6.45, 7) is 3.46. The third-order valence-electron chi connectivity index (χ3n) is 2.06. The maximum atomic E-state index is 10.8. The molecule has 0 saturated carbocycles. The summed E-state index contributed by atoms with van der Waals surface area (Å²) < 4.78 is 9.71. The first-order chi connectivity index (χ1) is 7.31. The van der Waals surface area contributed by atoms with E-state index in [0.29, 0.717) is 13.0 Å². The van der Waals surface area contributed by atoms with Gasteiger partial charge < -0.3 is 9.47 Å². The van der Waals surface area contributed by atoms with Crippen molar-refractivity contribution in [3.8, 4) is 0 Å². The molecule has 0 fully saturated rings. The molecule has 0 aliphatic heterocycles. The highest BCUT2D eigenvalue weighted by Crippen LogP contribution is 2.04. The monoisotopic (exact) mass is 214 g/mol. The Kier molecular flexibility index (Phi) is 10.6. The molecule has 0 rings (SSSR count). The molecule has 0 aromatic carbocycles. The average molecular weight is 214 g/mol. The van der Waals surface area contributed by atoms with Crippen LogP contribution in [0, 0.1) is 0 Å². The number of esters is 1. The molecule has 0 unspecified atom stereocenters. The molecule has 0 aromatic heterocycles. The SMILES string of the molecule is CCOCC=CCCCCCC(=O)OC. The fourth-order valence-electron chi connectivity index (χ4n) is 1.18. The zero-order chi connectivity index (χ0) is 11.4. The van der Waals surface area contributed by atoms with E-state index in [4.69, 9.17) is 4.74 Å². The summed E-state index contributed by atoms with van der Waals surface area (Å²) in [7, 11) is 1.43. The highest BCUT2D eigenvalue weighted by Gasteiger charge is 1.97. The molecule has 88 valence electrons. The molecule has 0 amide bonds. The van der Waals surface area contributed by atoms with Gasteiger partial charge in [-0.15, -0.1) is 0 Å². The lowest BCUT2D eigenvalue weighted by atomic mass is 10.1. The zero-order valence-electron chi connectivity index (χ0n) is 9.83. The third-order valence-corrected chi connectivity index (χ3v) is 2.06. The van der Waals surface area contributed by atoms with Gasteiger partial charge in [-0.3, -0.25) is 4.79 Å². The average Bonchev–Trinajstić information content (AvgIpc) is 2.26. The van der Waals surface area contributed by atoms with Crippen molar-refractivity contribution in [2.45, 2.75) is 39.0 Å². The molecule has 0 aliphatic carbocycles. The zero-order valence-corrected chi connectivity index (χ0v) is 9.83.